The molecule has 0 N–H and O–H groups in total. The van der Waals surface area contributed by atoms with Crippen molar-refractivity contribution in [2.24, 2.45) is 50.7 Å². The molecule has 0 aromatic heterocycles. The minimum atomic E-state index is -0.674. The number of rotatable bonds is 7. The summed E-state index contributed by atoms with van der Waals surface area (Å²) < 4.78 is 11.4. The summed E-state index contributed by atoms with van der Waals surface area (Å²) in [6, 6.07) is 0. The number of esters is 1. The lowest BCUT2D eigenvalue weighted by molar-refractivity contribution is -0.181. The van der Waals surface area contributed by atoms with Gasteiger partial charge in [-0.05, 0) is 123 Å². The molecular formula is C33H54O4. The fraction of sp³-hybridized carbons (Fsp3) is 0.939. The van der Waals surface area contributed by atoms with E-state index < -0.39 is 5.60 Å². The minimum absolute atomic E-state index is 0.0648. The van der Waals surface area contributed by atoms with Crippen molar-refractivity contribution in [3.05, 3.63) is 0 Å². The molecule has 0 amide bonds. The molecule has 5 rings (SSSR count). The second-order valence-corrected chi connectivity index (χ2v) is 15.8. The number of methoxy groups -OCH3 is 1. The molecule has 37 heavy (non-hydrogen) atoms. The van der Waals surface area contributed by atoms with Crippen LogP contribution in [-0.2, 0) is 19.1 Å². The second kappa shape index (κ2) is 8.55. The predicted molar refractivity (Wildman–Crippen MR) is 147 cm³/mol. The number of carbonyl (C=O) groups is 2. The van der Waals surface area contributed by atoms with E-state index in [0.717, 1.165) is 18.8 Å². The van der Waals surface area contributed by atoms with E-state index in [1.807, 2.05) is 13.8 Å². The third-order valence-electron chi connectivity index (χ3n) is 14.1. The highest BCUT2D eigenvalue weighted by Gasteiger charge is 2.82. The van der Waals surface area contributed by atoms with Gasteiger partial charge in [-0.1, -0.05) is 34.6 Å². The Balaban J connectivity index is 1.34. The molecule has 210 valence electrons. The van der Waals surface area contributed by atoms with Crippen LogP contribution >= 0.6 is 0 Å². The molecule has 5 aliphatic rings. The highest BCUT2D eigenvalue weighted by Crippen LogP contribution is 2.89. The van der Waals surface area contributed by atoms with Crippen LogP contribution in [0.4, 0.5) is 0 Å². The SMILES string of the molecule is COC(C)(C)C(=O)CC[C@@H](C)[C@H]1CC[C@@]2(C)[C@@H]3CC[C@H]4C(C)(C)C(OC(C)=O)CC[C@@]45C[C@]35CC[C@]12C. The first-order chi connectivity index (χ1) is 17.1. The van der Waals surface area contributed by atoms with Crippen LogP contribution in [0.5, 0.6) is 0 Å². The van der Waals surface area contributed by atoms with Crippen LogP contribution in [0.2, 0.25) is 0 Å². The Hall–Kier alpha value is -0.900. The van der Waals surface area contributed by atoms with Crippen molar-refractivity contribution in [3.63, 3.8) is 0 Å². The highest BCUT2D eigenvalue weighted by atomic mass is 16.5. The van der Waals surface area contributed by atoms with Gasteiger partial charge in [0, 0.05) is 25.9 Å². The van der Waals surface area contributed by atoms with Crippen molar-refractivity contribution in [2.75, 3.05) is 7.11 Å². The number of hydrogen-bond donors (Lipinski definition) is 0. The van der Waals surface area contributed by atoms with E-state index in [0.29, 0.717) is 45.8 Å². The molecule has 0 aromatic carbocycles. The van der Waals surface area contributed by atoms with Gasteiger partial charge in [-0.25, -0.2) is 0 Å². The number of ketones is 1. The van der Waals surface area contributed by atoms with Gasteiger partial charge in [0.05, 0.1) is 0 Å². The predicted octanol–water partition coefficient (Wildman–Crippen LogP) is 7.77. The van der Waals surface area contributed by atoms with Gasteiger partial charge in [0.2, 0.25) is 0 Å². The Morgan fingerprint density at radius 1 is 0.892 bits per heavy atom. The van der Waals surface area contributed by atoms with Crippen LogP contribution in [0.3, 0.4) is 0 Å². The maximum atomic E-state index is 12.8. The summed E-state index contributed by atoms with van der Waals surface area (Å²) in [6.07, 6.45) is 13.4. The Morgan fingerprint density at radius 3 is 2.19 bits per heavy atom. The normalized spacial score (nSPS) is 46.6. The third-order valence-corrected chi connectivity index (χ3v) is 14.1. The van der Waals surface area contributed by atoms with Gasteiger partial charge < -0.3 is 9.47 Å². The summed E-state index contributed by atoms with van der Waals surface area (Å²) in [4.78, 5) is 24.7. The van der Waals surface area contributed by atoms with Gasteiger partial charge >= 0.3 is 5.97 Å². The van der Waals surface area contributed by atoms with Crippen molar-refractivity contribution in [3.8, 4) is 0 Å². The largest absolute Gasteiger partial charge is 0.462 e. The summed E-state index contributed by atoms with van der Waals surface area (Å²) in [7, 11) is 1.64. The smallest absolute Gasteiger partial charge is 0.302 e. The van der Waals surface area contributed by atoms with Crippen molar-refractivity contribution in [1.29, 1.82) is 0 Å². The zero-order chi connectivity index (χ0) is 27.2. The lowest BCUT2D eigenvalue weighted by atomic mass is 9.41. The number of Topliss-reactive ketones (excluding diaryl/α,β-unsaturated/α-hetero) is 1. The summed E-state index contributed by atoms with van der Waals surface area (Å²) in [5.74, 6) is 2.89. The van der Waals surface area contributed by atoms with Crippen LogP contribution in [0.1, 0.15) is 126 Å². The van der Waals surface area contributed by atoms with Crippen molar-refractivity contribution < 1.29 is 19.1 Å². The molecule has 0 heterocycles. The van der Waals surface area contributed by atoms with Crippen LogP contribution < -0.4 is 0 Å². The van der Waals surface area contributed by atoms with Crippen LogP contribution in [0, 0.1) is 50.7 Å². The quantitative estimate of drug-likeness (QED) is 0.326. The van der Waals surface area contributed by atoms with Gasteiger partial charge in [0.25, 0.3) is 0 Å². The van der Waals surface area contributed by atoms with Crippen LogP contribution in [0.25, 0.3) is 0 Å². The number of hydrogen-bond acceptors (Lipinski definition) is 4. The zero-order valence-corrected chi connectivity index (χ0v) is 25.3. The number of ether oxygens (including phenoxy) is 2. The van der Waals surface area contributed by atoms with E-state index in [-0.39, 0.29) is 23.3 Å². The standard InChI is InChI=1S/C33H54O4/c1-21(10-13-26(35)29(5,6)36-9)23-14-16-31(8)25-12-11-24-28(3,4)27(37-22(2)34)15-17-32(24)20-33(25,32)19-18-30(23,31)7/h21,23-25,27H,10-20H2,1-9H3/t21-,23-,24+,25+,27?,30-,31+,32-,33-/m1/s1. The Labute approximate surface area is 226 Å². The van der Waals surface area contributed by atoms with Gasteiger partial charge in [0.15, 0.2) is 5.78 Å². The maximum Gasteiger partial charge on any atom is 0.302 e. The van der Waals surface area contributed by atoms with Gasteiger partial charge in [-0.3, -0.25) is 9.59 Å². The molecule has 4 nitrogen and oxygen atoms in total. The van der Waals surface area contributed by atoms with E-state index in [2.05, 4.69) is 34.6 Å². The molecule has 4 heteroatoms. The summed E-state index contributed by atoms with van der Waals surface area (Å²) in [5, 5.41) is 0. The molecule has 0 aromatic rings. The van der Waals surface area contributed by atoms with E-state index in [1.54, 1.807) is 14.0 Å². The summed E-state index contributed by atoms with van der Waals surface area (Å²) >= 11 is 0. The monoisotopic (exact) mass is 514 g/mol. The van der Waals surface area contributed by atoms with E-state index in [1.165, 1.54) is 51.4 Å². The Bertz CT molecular complexity index is 952. The van der Waals surface area contributed by atoms with Crippen LogP contribution in [-0.4, -0.2) is 30.6 Å². The Kier molecular flexibility index (Phi) is 6.39. The second-order valence-electron chi connectivity index (χ2n) is 15.8. The topological polar surface area (TPSA) is 52.6 Å². The molecular weight excluding hydrogens is 460 g/mol. The van der Waals surface area contributed by atoms with Crippen molar-refractivity contribution in [2.45, 2.75) is 138 Å². The lowest BCUT2D eigenvalue weighted by Gasteiger charge is -2.63. The first-order valence-electron chi connectivity index (χ1n) is 15.4. The molecule has 5 fully saturated rings. The molecule has 9 atom stereocenters. The summed E-state index contributed by atoms with van der Waals surface area (Å²) in [5.41, 5.74) is 1.14. The molecule has 0 radical (unpaired) electrons. The molecule has 0 saturated heterocycles. The lowest BCUT2D eigenvalue weighted by Crippen LogP contribution is -2.58. The van der Waals surface area contributed by atoms with Crippen molar-refractivity contribution >= 4 is 11.8 Å². The van der Waals surface area contributed by atoms with Crippen molar-refractivity contribution in [1.82, 2.24) is 0 Å². The van der Waals surface area contributed by atoms with Gasteiger partial charge in [-0.2, -0.15) is 0 Å². The number of carbonyl (C=O) groups excluding carboxylic acids is 2. The average Bonchev–Trinajstić information content (AvgIpc) is 3.41. The molecule has 0 bridgehead atoms. The molecule has 0 aliphatic heterocycles. The summed E-state index contributed by atoms with van der Waals surface area (Å²) in [6.45, 7) is 17.9. The third kappa shape index (κ3) is 3.62. The molecule has 5 saturated carbocycles. The molecule has 5 aliphatic carbocycles. The van der Waals surface area contributed by atoms with Gasteiger partial charge in [-0.15, -0.1) is 0 Å². The molecule has 2 spiro atoms. The fourth-order valence-corrected chi connectivity index (χ4v) is 11.7. The first-order valence-corrected chi connectivity index (χ1v) is 15.4. The minimum Gasteiger partial charge on any atom is -0.462 e. The van der Waals surface area contributed by atoms with Crippen LogP contribution in [0.15, 0.2) is 0 Å². The maximum absolute atomic E-state index is 12.8. The fourth-order valence-electron chi connectivity index (χ4n) is 11.7. The Morgan fingerprint density at radius 2 is 1.54 bits per heavy atom. The molecule has 1 unspecified atom stereocenters. The highest BCUT2D eigenvalue weighted by molar-refractivity contribution is 5.86. The van der Waals surface area contributed by atoms with Gasteiger partial charge in [0.1, 0.15) is 11.7 Å². The first kappa shape index (κ1) is 27.7. The van der Waals surface area contributed by atoms with E-state index >= 15 is 0 Å². The number of fused-ring (bicyclic) bond motifs is 2. The van der Waals surface area contributed by atoms with E-state index in [9.17, 15) is 9.59 Å². The zero-order valence-electron chi connectivity index (χ0n) is 25.3. The average molecular weight is 515 g/mol. The van der Waals surface area contributed by atoms with E-state index in [4.69, 9.17) is 9.47 Å².